The number of carbonyl (C=O) groups excluding carboxylic acids is 1. The number of benzene rings is 1. The second-order valence-corrected chi connectivity index (χ2v) is 5.81. The van der Waals surface area contributed by atoms with E-state index in [9.17, 15) is 4.79 Å². The summed E-state index contributed by atoms with van der Waals surface area (Å²) in [5.74, 6) is 1.28. The van der Waals surface area contributed by atoms with Crippen molar-refractivity contribution >= 4 is 17.7 Å². The quantitative estimate of drug-likeness (QED) is 0.838. The van der Waals surface area contributed by atoms with Gasteiger partial charge in [-0.3, -0.25) is 4.79 Å². The summed E-state index contributed by atoms with van der Waals surface area (Å²) in [6.45, 7) is 5.92. The summed E-state index contributed by atoms with van der Waals surface area (Å²) in [6, 6.07) is 7.70. The summed E-state index contributed by atoms with van der Waals surface area (Å²) in [5, 5.41) is 2.93. The lowest BCUT2D eigenvalue weighted by atomic mass is 10.1. The molecule has 0 heterocycles. The van der Waals surface area contributed by atoms with Crippen molar-refractivity contribution in [2.45, 2.75) is 31.2 Å². The van der Waals surface area contributed by atoms with E-state index in [2.05, 4.69) is 5.32 Å². The van der Waals surface area contributed by atoms with Gasteiger partial charge in [0.1, 0.15) is 5.75 Å². The summed E-state index contributed by atoms with van der Waals surface area (Å²) in [6.07, 6.45) is 0. The third-order valence-electron chi connectivity index (χ3n) is 1.93. The summed E-state index contributed by atoms with van der Waals surface area (Å²) >= 11 is 1.51. The first-order valence-electron chi connectivity index (χ1n) is 5.48. The Hall–Kier alpha value is -1.16. The number of hydrogen-bond acceptors (Lipinski definition) is 3. The zero-order valence-electron chi connectivity index (χ0n) is 10.7. The lowest BCUT2D eigenvalue weighted by molar-refractivity contribution is -0.119. The molecule has 0 saturated carbocycles. The second-order valence-electron chi connectivity index (χ2n) is 4.77. The van der Waals surface area contributed by atoms with Crippen molar-refractivity contribution in [3.8, 4) is 5.75 Å². The van der Waals surface area contributed by atoms with E-state index in [-0.39, 0.29) is 11.4 Å². The van der Waals surface area contributed by atoms with Gasteiger partial charge < -0.3 is 10.1 Å². The number of methoxy groups -OCH3 is 1. The molecule has 0 unspecified atom stereocenters. The van der Waals surface area contributed by atoms with E-state index >= 15 is 0 Å². The molecule has 94 valence electrons. The molecular formula is C13H19NO2S. The number of rotatable bonds is 4. The zero-order valence-corrected chi connectivity index (χ0v) is 11.6. The molecule has 1 aromatic rings. The largest absolute Gasteiger partial charge is 0.497 e. The van der Waals surface area contributed by atoms with Gasteiger partial charge in [-0.05, 0) is 39.0 Å². The van der Waals surface area contributed by atoms with E-state index in [4.69, 9.17) is 4.74 Å². The van der Waals surface area contributed by atoms with Crippen LogP contribution in [0.1, 0.15) is 20.8 Å². The van der Waals surface area contributed by atoms with Crippen molar-refractivity contribution in [3.05, 3.63) is 24.3 Å². The SMILES string of the molecule is COc1cccc(SCC(=O)NC(C)(C)C)c1. The van der Waals surface area contributed by atoms with Gasteiger partial charge in [-0.25, -0.2) is 0 Å². The minimum atomic E-state index is -0.175. The Morgan fingerprint density at radius 1 is 1.41 bits per heavy atom. The highest BCUT2D eigenvalue weighted by Crippen LogP contribution is 2.22. The summed E-state index contributed by atoms with van der Waals surface area (Å²) < 4.78 is 5.13. The Bertz CT molecular complexity index is 385. The molecule has 1 N–H and O–H groups in total. The molecule has 0 atom stereocenters. The minimum Gasteiger partial charge on any atom is -0.497 e. The highest BCUT2D eigenvalue weighted by Gasteiger charge is 2.13. The third-order valence-corrected chi connectivity index (χ3v) is 2.92. The van der Waals surface area contributed by atoms with Crippen molar-refractivity contribution < 1.29 is 9.53 Å². The topological polar surface area (TPSA) is 38.3 Å². The molecule has 0 radical (unpaired) electrons. The van der Waals surface area contributed by atoms with Gasteiger partial charge in [0.05, 0.1) is 12.9 Å². The first kappa shape index (κ1) is 13.9. The first-order chi connectivity index (χ1) is 7.90. The summed E-state index contributed by atoms with van der Waals surface area (Å²) in [5.41, 5.74) is -0.175. The molecule has 0 aromatic heterocycles. The predicted octanol–water partition coefficient (Wildman–Crippen LogP) is 2.70. The molecule has 0 bridgehead atoms. The van der Waals surface area contributed by atoms with Gasteiger partial charge in [-0.1, -0.05) is 6.07 Å². The Labute approximate surface area is 107 Å². The van der Waals surface area contributed by atoms with Crippen molar-refractivity contribution in [2.24, 2.45) is 0 Å². The van der Waals surface area contributed by atoms with Crippen molar-refractivity contribution in [3.63, 3.8) is 0 Å². The maximum absolute atomic E-state index is 11.6. The van der Waals surface area contributed by atoms with Crippen LogP contribution in [0.15, 0.2) is 29.2 Å². The average molecular weight is 253 g/mol. The van der Waals surface area contributed by atoms with Gasteiger partial charge in [-0.2, -0.15) is 0 Å². The van der Waals surface area contributed by atoms with Gasteiger partial charge in [0.15, 0.2) is 0 Å². The first-order valence-corrected chi connectivity index (χ1v) is 6.47. The zero-order chi connectivity index (χ0) is 12.9. The highest BCUT2D eigenvalue weighted by molar-refractivity contribution is 8.00. The molecule has 0 saturated heterocycles. The molecule has 1 aromatic carbocycles. The Morgan fingerprint density at radius 3 is 2.71 bits per heavy atom. The number of carbonyl (C=O) groups is 1. The minimum absolute atomic E-state index is 0.0466. The lowest BCUT2D eigenvalue weighted by Gasteiger charge is -2.20. The van der Waals surface area contributed by atoms with Gasteiger partial charge in [0.2, 0.25) is 5.91 Å². The van der Waals surface area contributed by atoms with E-state index in [1.165, 1.54) is 11.8 Å². The molecule has 3 nitrogen and oxygen atoms in total. The van der Waals surface area contributed by atoms with E-state index in [1.807, 2.05) is 45.0 Å². The molecule has 17 heavy (non-hydrogen) atoms. The smallest absolute Gasteiger partial charge is 0.230 e. The maximum Gasteiger partial charge on any atom is 0.230 e. The maximum atomic E-state index is 11.6. The predicted molar refractivity (Wildman–Crippen MR) is 71.6 cm³/mol. The fraction of sp³-hybridized carbons (Fsp3) is 0.462. The van der Waals surface area contributed by atoms with Crippen molar-refractivity contribution in [2.75, 3.05) is 12.9 Å². The van der Waals surface area contributed by atoms with Gasteiger partial charge in [-0.15, -0.1) is 11.8 Å². The van der Waals surface area contributed by atoms with Crippen LogP contribution in [0.25, 0.3) is 0 Å². The van der Waals surface area contributed by atoms with Crippen LogP contribution in [0.3, 0.4) is 0 Å². The Balaban J connectivity index is 2.47. The lowest BCUT2D eigenvalue weighted by Crippen LogP contribution is -2.41. The molecule has 4 heteroatoms. The van der Waals surface area contributed by atoms with Crippen LogP contribution in [0, 0.1) is 0 Å². The van der Waals surface area contributed by atoms with Crippen LogP contribution in [-0.2, 0) is 4.79 Å². The summed E-state index contributed by atoms with van der Waals surface area (Å²) in [7, 11) is 1.64. The fourth-order valence-electron chi connectivity index (χ4n) is 1.29. The molecule has 1 rings (SSSR count). The van der Waals surface area contributed by atoms with Crippen molar-refractivity contribution in [1.82, 2.24) is 5.32 Å². The normalized spacial score (nSPS) is 11.1. The van der Waals surface area contributed by atoms with Gasteiger partial charge in [0, 0.05) is 10.4 Å². The molecule has 0 aliphatic carbocycles. The van der Waals surface area contributed by atoms with Crippen LogP contribution in [0.4, 0.5) is 0 Å². The van der Waals surface area contributed by atoms with E-state index in [0.29, 0.717) is 5.75 Å². The number of nitrogens with one attached hydrogen (secondary N) is 1. The average Bonchev–Trinajstić information content (AvgIpc) is 2.24. The highest BCUT2D eigenvalue weighted by atomic mass is 32.2. The second kappa shape index (κ2) is 5.96. The van der Waals surface area contributed by atoms with Crippen LogP contribution < -0.4 is 10.1 Å². The Morgan fingerprint density at radius 2 is 2.12 bits per heavy atom. The van der Waals surface area contributed by atoms with Gasteiger partial charge in [0.25, 0.3) is 0 Å². The molecule has 0 aliphatic heterocycles. The monoisotopic (exact) mass is 253 g/mol. The molecule has 0 aliphatic rings. The number of hydrogen-bond donors (Lipinski definition) is 1. The molecule has 1 amide bonds. The molecular weight excluding hydrogens is 234 g/mol. The van der Waals surface area contributed by atoms with E-state index < -0.39 is 0 Å². The van der Waals surface area contributed by atoms with Gasteiger partial charge >= 0.3 is 0 Å². The standard InChI is InChI=1S/C13H19NO2S/c1-13(2,3)14-12(15)9-17-11-7-5-6-10(8-11)16-4/h5-8H,9H2,1-4H3,(H,14,15). The van der Waals surface area contributed by atoms with Crippen LogP contribution in [0.2, 0.25) is 0 Å². The molecule has 0 fully saturated rings. The Kier molecular flexibility index (Phi) is 4.87. The third kappa shape index (κ3) is 5.63. The van der Waals surface area contributed by atoms with E-state index in [1.54, 1.807) is 7.11 Å². The van der Waals surface area contributed by atoms with Crippen LogP contribution >= 0.6 is 11.8 Å². The number of thioether (sulfide) groups is 1. The van der Waals surface area contributed by atoms with Crippen LogP contribution in [-0.4, -0.2) is 24.3 Å². The van der Waals surface area contributed by atoms with E-state index in [0.717, 1.165) is 10.6 Å². The van der Waals surface area contributed by atoms with Crippen molar-refractivity contribution in [1.29, 1.82) is 0 Å². The number of amides is 1. The number of ether oxygens (including phenoxy) is 1. The van der Waals surface area contributed by atoms with Crippen LogP contribution in [0.5, 0.6) is 5.75 Å². The summed E-state index contributed by atoms with van der Waals surface area (Å²) in [4.78, 5) is 12.7. The molecule has 0 spiro atoms. The fourth-order valence-corrected chi connectivity index (χ4v) is 2.04.